The molecule has 0 aliphatic carbocycles. The fraction of sp³-hybridized carbons (Fsp3) is 0.222. The number of aryl methyl sites for hydroxylation is 1. The van der Waals surface area contributed by atoms with E-state index in [4.69, 9.17) is 21.1 Å². The van der Waals surface area contributed by atoms with Crippen LogP contribution >= 0.6 is 11.6 Å². The summed E-state index contributed by atoms with van der Waals surface area (Å²) >= 11 is 5.60. The number of hydrogen-bond acceptors (Lipinski definition) is 2. The molecule has 0 saturated carbocycles. The van der Waals surface area contributed by atoms with Crippen LogP contribution in [0.1, 0.15) is 11.1 Å². The van der Waals surface area contributed by atoms with Gasteiger partial charge in [0.1, 0.15) is 24.7 Å². The molecule has 0 saturated heterocycles. The Morgan fingerprint density at radius 2 is 1.76 bits per heavy atom. The lowest BCUT2D eigenvalue weighted by molar-refractivity contribution is 0.217. The van der Waals surface area contributed by atoms with E-state index in [2.05, 4.69) is 11.8 Å². The van der Waals surface area contributed by atoms with Gasteiger partial charge in [0.05, 0.1) is 11.4 Å². The molecule has 0 radical (unpaired) electrons. The molecule has 3 heteroatoms. The third-order valence-electron chi connectivity index (χ3n) is 2.78. The Kier molecular flexibility index (Phi) is 5.99. The largest absolute Gasteiger partial charge is 0.490 e. The van der Waals surface area contributed by atoms with Gasteiger partial charge in [-0.05, 0) is 36.8 Å². The van der Waals surface area contributed by atoms with E-state index in [0.717, 1.165) is 22.6 Å². The van der Waals surface area contributed by atoms with E-state index in [9.17, 15) is 0 Å². The van der Waals surface area contributed by atoms with Gasteiger partial charge < -0.3 is 9.47 Å². The normalized spacial score (nSPS) is 9.62. The van der Waals surface area contributed by atoms with E-state index in [-0.39, 0.29) is 0 Å². The topological polar surface area (TPSA) is 18.5 Å². The number of rotatable bonds is 5. The van der Waals surface area contributed by atoms with E-state index in [1.807, 2.05) is 55.5 Å². The van der Waals surface area contributed by atoms with Crippen LogP contribution in [0.5, 0.6) is 11.5 Å². The van der Waals surface area contributed by atoms with Crippen molar-refractivity contribution in [1.82, 2.24) is 0 Å². The van der Waals surface area contributed by atoms with Crippen LogP contribution in [-0.2, 0) is 0 Å². The van der Waals surface area contributed by atoms with Gasteiger partial charge in [-0.25, -0.2) is 0 Å². The Morgan fingerprint density at radius 1 is 1.00 bits per heavy atom. The number of para-hydroxylation sites is 1. The summed E-state index contributed by atoms with van der Waals surface area (Å²) in [5, 5.41) is 0. The molecular formula is C18H17ClO2. The highest BCUT2D eigenvalue weighted by Gasteiger charge is 2.02. The van der Waals surface area contributed by atoms with Crippen LogP contribution in [0.25, 0.3) is 0 Å². The first-order chi connectivity index (χ1) is 10.3. The van der Waals surface area contributed by atoms with Gasteiger partial charge in [0.2, 0.25) is 0 Å². The number of halogens is 1. The first kappa shape index (κ1) is 15.3. The minimum atomic E-state index is 0.310. The Morgan fingerprint density at radius 3 is 2.52 bits per heavy atom. The van der Waals surface area contributed by atoms with Crippen molar-refractivity contribution in [3.63, 3.8) is 0 Å². The predicted molar refractivity (Wildman–Crippen MR) is 86.2 cm³/mol. The van der Waals surface area contributed by atoms with Crippen LogP contribution in [0.2, 0.25) is 0 Å². The molecule has 0 N–H and O–H groups in total. The van der Waals surface area contributed by atoms with Gasteiger partial charge >= 0.3 is 0 Å². The molecule has 108 valence electrons. The predicted octanol–water partition coefficient (Wildman–Crippen LogP) is 4.04. The molecule has 0 aliphatic rings. The van der Waals surface area contributed by atoms with E-state index in [1.165, 1.54) is 0 Å². The maximum absolute atomic E-state index is 5.74. The van der Waals surface area contributed by atoms with Gasteiger partial charge in [-0.2, -0.15) is 0 Å². The van der Waals surface area contributed by atoms with Crippen LogP contribution in [0.4, 0.5) is 0 Å². The maximum Gasteiger partial charge on any atom is 0.135 e. The summed E-state index contributed by atoms with van der Waals surface area (Å²) in [6, 6.07) is 15.6. The van der Waals surface area contributed by atoms with Crippen LogP contribution in [0.15, 0.2) is 48.5 Å². The SMILES string of the molecule is Cc1ccc(OCCOc2ccccc2)c(C#CCCl)c1. The van der Waals surface area contributed by atoms with Gasteiger partial charge in [0.25, 0.3) is 0 Å². The Balaban J connectivity index is 1.91. The third kappa shape index (κ3) is 5.06. The van der Waals surface area contributed by atoms with E-state index in [0.29, 0.717) is 19.1 Å². The van der Waals surface area contributed by atoms with Crippen molar-refractivity contribution in [2.24, 2.45) is 0 Å². The minimum Gasteiger partial charge on any atom is -0.490 e. The third-order valence-corrected chi connectivity index (χ3v) is 2.91. The van der Waals surface area contributed by atoms with Crippen LogP contribution < -0.4 is 9.47 Å². The van der Waals surface area contributed by atoms with Gasteiger partial charge in [0.15, 0.2) is 0 Å². The van der Waals surface area contributed by atoms with Gasteiger partial charge in [-0.15, -0.1) is 11.6 Å². The summed E-state index contributed by atoms with van der Waals surface area (Å²) in [7, 11) is 0. The molecule has 0 atom stereocenters. The molecular weight excluding hydrogens is 284 g/mol. The molecule has 2 aromatic rings. The lowest BCUT2D eigenvalue weighted by atomic mass is 10.1. The summed E-state index contributed by atoms with van der Waals surface area (Å²) in [6.45, 7) is 2.97. The molecule has 0 unspecified atom stereocenters. The van der Waals surface area contributed by atoms with Crippen molar-refractivity contribution < 1.29 is 9.47 Å². The average Bonchev–Trinajstić information content (AvgIpc) is 2.52. The van der Waals surface area contributed by atoms with E-state index >= 15 is 0 Å². The van der Waals surface area contributed by atoms with Crippen molar-refractivity contribution >= 4 is 11.6 Å². The molecule has 0 fully saturated rings. The standard InChI is InChI=1S/C18H17ClO2/c1-15-9-10-18(16(14-15)6-5-11-19)21-13-12-20-17-7-3-2-4-8-17/h2-4,7-10,14H,11-13H2,1H3. The fourth-order valence-electron chi connectivity index (χ4n) is 1.82. The molecule has 2 nitrogen and oxygen atoms in total. The number of alkyl halides is 1. The highest BCUT2D eigenvalue weighted by molar-refractivity contribution is 6.19. The number of hydrogen-bond donors (Lipinski definition) is 0. The van der Waals surface area contributed by atoms with E-state index < -0.39 is 0 Å². The Labute approximate surface area is 130 Å². The van der Waals surface area contributed by atoms with E-state index in [1.54, 1.807) is 0 Å². The molecule has 0 spiro atoms. The fourth-order valence-corrected chi connectivity index (χ4v) is 1.89. The molecule has 0 heterocycles. The molecule has 2 rings (SSSR count). The summed E-state index contributed by atoms with van der Waals surface area (Å²) < 4.78 is 11.3. The highest BCUT2D eigenvalue weighted by Crippen LogP contribution is 2.19. The molecule has 0 aliphatic heterocycles. The van der Waals surface area contributed by atoms with Gasteiger partial charge in [-0.3, -0.25) is 0 Å². The quantitative estimate of drug-likeness (QED) is 0.471. The average molecular weight is 301 g/mol. The molecule has 0 aromatic heterocycles. The zero-order valence-corrected chi connectivity index (χ0v) is 12.7. The first-order valence-electron chi connectivity index (χ1n) is 6.76. The van der Waals surface area contributed by atoms with Crippen molar-refractivity contribution in [3.8, 4) is 23.3 Å². The van der Waals surface area contributed by atoms with Crippen molar-refractivity contribution in [3.05, 3.63) is 59.7 Å². The number of ether oxygens (including phenoxy) is 2. The maximum atomic E-state index is 5.74. The summed E-state index contributed by atoms with van der Waals surface area (Å²) in [6.07, 6.45) is 0. The highest BCUT2D eigenvalue weighted by atomic mass is 35.5. The summed E-state index contributed by atoms with van der Waals surface area (Å²) in [5.74, 6) is 7.78. The molecule has 0 bridgehead atoms. The van der Waals surface area contributed by atoms with Crippen molar-refractivity contribution in [1.29, 1.82) is 0 Å². The summed E-state index contributed by atoms with van der Waals surface area (Å²) in [4.78, 5) is 0. The second kappa shape index (κ2) is 8.24. The molecule has 21 heavy (non-hydrogen) atoms. The van der Waals surface area contributed by atoms with Crippen LogP contribution in [0, 0.1) is 18.8 Å². The second-order valence-corrected chi connectivity index (χ2v) is 4.71. The molecule has 0 amide bonds. The van der Waals surface area contributed by atoms with Gasteiger partial charge in [-0.1, -0.05) is 36.1 Å². The lowest BCUT2D eigenvalue weighted by Gasteiger charge is -2.10. The minimum absolute atomic E-state index is 0.310. The second-order valence-electron chi connectivity index (χ2n) is 4.44. The van der Waals surface area contributed by atoms with Gasteiger partial charge in [0, 0.05) is 0 Å². The molecule has 2 aromatic carbocycles. The van der Waals surface area contributed by atoms with Crippen LogP contribution in [-0.4, -0.2) is 19.1 Å². The zero-order chi connectivity index (χ0) is 14.9. The van der Waals surface area contributed by atoms with Crippen molar-refractivity contribution in [2.75, 3.05) is 19.1 Å². The van der Waals surface area contributed by atoms with Crippen LogP contribution in [0.3, 0.4) is 0 Å². The Bertz CT molecular complexity index is 627. The first-order valence-corrected chi connectivity index (χ1v) is 7.29. The zero-order valence-electron chi connectivity index (χ0n) is 11.9. The number of benzene rings is 2. The summed E-state index contributed by atoms with van der Waals surface area (Å²) in [5.41, 5.74) is 2.00. The smallest absolute Gasteiger partial charge is 0.135 e. The monoisotopic (exact) mass is 300 g/mol. The Hall–Kier alpha value is -2.11. The lowest BCUT2D eigenvalue weighted by Crippen LogP contribution is -2.09. The van der Waals surface area contributed by atoms with Crippen molar-refractivity contribution in [2.45, 2.75) is 6.92 Å².